The zero-order valence-corrected chi connectivity index (χ0v) is 42.8. The molecule has 0 bridgehead atoms. The molecule has 81 heavy (non-hydrogen) atoms. The van der Waals surface area contributed by atoms with E-state index in [9.17, 15) is 5.11 Å². The third-order valence-corrected chi connectivity index (χ3v) is 16.4. The van der Waals surface area contributed by atoms with Crippen LogP contribution in [-0.4, -0.2) is 248 Å². The van der Waals surface area contributed by atoms with E-state index in [0.29, 0.717) is 0 Å². The summed E-state index contributed by atoms with van der Waals surface area (Å²) in [7, 11) is 215. The van der Waals surface area contributed by atoms with Gasteiger partial charge in [-0.05, 0) is 50.1 Å². The summed E-state index contributed by atoms with van der Waals surface area (Å²) in [5.74, 6) is -1.74. The van der Waals surface area contributed by atoms with Gasteiger partial charge >= 0.3 is 0 Å². The average molecular weight is 945 g/mol. The maximum atomic E-state index is 12.3. The molecular weight excluding hydrogens is 944 g/mol. The van der Waals surface area contributed by atoms with E-state index in [4.69, 9.17) is 248 Å². The second-order valence-corrected chi connectivity index (χ2v) is 19.9. The first-order chi connectivity index (χ1) is 37.6. The van der Waals surface area contributed by atoms with Gasteiger partial charge in [0, 0.05) is 16.7 Å². The molecule has 0 fully saturated rings. The highest BCUT2D eigenvalue weighted by Crippen LogP contribution is 2.73. The molecule has 1 heterocycles. The number of phenolic OH excluding ortho intramolecular Hbond substituents is 1. The first kappa shape index (κ1) is 59.8. The fraction of sp³-hybridized carbons (Fsp3) is 0.0417. The van der Waals surface area contributed by atoms with Crippen molar-refractivity contribution in [3.05, 3.63) is 72.0 Å². The monoisotopic (exact) mass is 950 g/mol. The molecular formula is C48HB31O2. The van der Waals surface area contributed by atoms with Gasteiger partial charge in [-0.2, -0.15) is 0 Å². The summed E-state index contributed by atoms with van der Waals surface area (Å²) in [5.41, 5.74) is -19.9. The molecule has 2 unspecified atom stereocenters. The van der Waals surface area contributed by atoms with Crippen molar-refractivity contribution < 1.29 is 9.84 Å². The van der Waals surface area contributed by atoms with E-state index in [2.05, 4.69) is 0 Å². The van der Waals surface area contributed by atoms with Crippen molar-refractivity contribution in [2.24, 2.45) is 0 Å². The predicted octanol–water partition coefficient (Wildman–Crippen LogP) is -22.0. The maximum Gasteiger partial charge on any atom is 0.138 e. The van der Waals surface area contributed by atoms with Crippen LogP contribution in [0.15, 0.2) is 44.2 Å². The minimum Gasteiger partial charge on any atom is -0.509 e. The summed E-state index contributed by atoms with van der Waals surface area (Å²) >= 11 is 0. The zero-order chi connectivity index (χ0) is 60.3. The van der Waals surface area contributed by atoms with Crippen LogP contribution in [0.3, 0.4) is 0 Å². The van der Waals surface area contributed by atoms with Crippen LogP contribution in [-0.2, 0) is 10.8 Å². The number of fused-ring (bicyclic) bond motifs is 7. The number of hydrogen-bond donors (Lipinski definition) is 1. The van der Waals surface area contributed by atoms with Crippen molar-refractivity contribution in [2.75, 3.05) is 0 Å². The topological polar surface area (TPSA) is 29.5 Å². The summed E-state index contributed by atoms with van der Waals surface area (Å²) in [6, 6.07) is 0. The van der Waals surface area contributed by atoms with E-state index >= 15 is 0 Å². The molecule has 298 valence electrons. The van der Waals surface area contributed by atoms with Gasteiger partial charge in [-0.25, -0.2) is 0 Å². The SMILES string of the molecule is [B]C1=C([B])C2=C(c3c([B])c([B])c([B])c([B])c3[B])c3c([B])c([B])c(O)c([B])c3C2(C23C([B])=C([B])C(c4c([B])c([B])c([B])c([B])c4[B])=C2Oc2c(-c4c([B])c([B])c([B])c([B])c4[B])c([B])c(-c4c([B])c([B])c([B])c([B])c4[B])c([B])c23)C([B])=C1[B]. The number of hydrogen-bond acceptors (Lipinski definition) is 2. The number of aromatic hydroxyl groups is 1. The van der Waals surface area contributed by atoms with Crippen molar-refractivity contribution in [1.82, 2.24) is 0 Å². The second-order valence-electron chi connectivity index (χ2n) is 19.9. The lowest BCUT2D eigenvalue weighted by Crippen LogP contribution is -2.59. The standard InChI is InChI=1S/C48HB31O2/c49-13-4(5-18(54)29(65)37(73)30(66)19(5)55)14(50)12-43(8(13)6-20(56)31(67)38(74)32(68)21(6)57)81-46-9(7-22(58)33(69)39(75)34(70)23(7)59)24(60)44(78)48(12,46)47-10(25(61)35(71)41(77)45(47)79)1(2-11(47)26(62)42(80)40(76)15(2)51)3-16(52)27(63)36(72)28(64)17(3)53/h80H. The highest BCUT2D eigenvalue weighted by atomic mass is 16.5. The molecule has 0 saturated carbocycles. The van der Waals surface area contributed by atoms with E-state index in [0.717, 1.165) is 0 Å². The molecule has 33 heteroatoms. The van der Waals surface area contributed by atoms with Crippen LogP contribution in [0.4, 0.5) is 0 Å². The largest absolute Gasteiger partial charge is 0.509 e. The molecule has 0 spiro atoms. The molecule has 1 N–H and O–H groups in total. The Morgan fingerprint density at radius 2 is 0.556 bits per heavy atom. The fourth-order valence-electron chi connectivity index (χ4n) is 12.2. The van der Waals surface area contributed by atoms with Gasteiger partial charge in [0.05, 0.1) is 10.8 Å². The molecule has 2 atom stereocenters. The fourth-order valence-corrected chi connectivity index (χ4v) is 12.2. The molecule has 0 aromatic heterocycles. The van der Waals surface area contributed by atoms with Gasteiger partial charge in [0.15, 0.2) is 0 Å². The van der Waals surface area contributed by atoms with Crippen LogP contribution >= 0.6 is 0 Å². The highest BCUT2D eigenvalue weighted by molar-refractivity contribution is 6.74. The molecule has 0 saturated heterocycles. The van der Waals surface area contributed by atoms with Crippen molar-refractivity contribution in [3.8, 4) is 33.8 Å². The molecule has 0 amide bonds. The van der Waals surface area contributed by atoms with Gasteiger partial charge in [-0.15, -0.1) is 87.4 Å². The van der Waals surface area contributed by atoms with E-state index in [1.54, 1.807) is 0 Å². The molecule has 62 radical (unpaired) electrons. The molecule has 2 nitrogen and oxygen atoms in total. The maximum absolute atomic E-state index is 12.3. The van der Waals surface area contributed by atoms with Gasteiger partial charge < -0.3 is 9.84 Å². The molecule has 6 aromatic carbocycles. The van der Waals surface area contributed by atoms with E-state index in [1.807, 2.05) is 0 Å². The summed E-state index contributed by atoms with van der Waals surface area (Å²) in [5, 5.41) is 12.3. The Bertz CT molecular complexity index is 4170. The number of benzene rings is 6. The summed E-state index contributed by atoms with van der Waals surface area (Å²) in [4.78, 5) is 0. The Balaban J connectivity index is 1.64. The predicted molar refractivity (Wildman–Crippen MR) is 366 cm³/mol. The minimum absolute atomic E-state index is 0.221. The van der Waals surface area contributed by atoms with Crippen molar-refractivity contribution in [2.45, 2.75) is 10.8 Å². The van der Waals surface area contributed by atoms with E-state index in [1.165, 1.54) is 0 Å². The number of phenols is 1. The van der Waals surface area contributed by atoms with Gasteiger partial charge in [0.2, 0.25) is 0 Å². The van der Waals surface area contributed by atoms with Gasteiger partial charge in [0.1, 0.15) is 260 Å². The van der Waals surface area contributed by atoms with Crippen molar-refractivity contribution in [1.29, 1.82) is 0 Å². The second kappa shape index (κ2) is 19.6. The van der Waals surface area contributed by atoms with E-state index < -0.39 is 82.8 Å². The van der Waals surface area contributed by atoms with Crippen LogP contribution in [0.2, 0.25) is 0 Å². The number of ether oxygens (including phenoxy) is 1. The molecule has 3 aliphatic carbocycles. The van der Waals surface area contributed by atoms with Gasteiger partial charge in [-0.3, -0.25) is 0 Å². The van der Waals surface area contributed by atoms with Crippen LogP contribution in [0, 0.1) is 0 Å². The normalized spacial score (nSPS) is 18.2. The lowest BCUT2D eigenvalue weighted by Gasteiger charge is -2.55. The van der Waals surface area contributed by atoms with Crippen LogP contribution in [0.5, 0.6) is 11.5 Å². The van der Waals surface area contributed by atoms with Crippen LogP contribution < -0.4 is 141 Å². The zero-order valence-electron chi connectivity index (χ0n) is 42.8. The van der Waals surface area contributed by atoms with Crippen LogP contribution in [0.1, 0.15) is 27.8 Å². The smallest absolute Gasteiger partial charge is 0.138 e. The molecule has 10 rings (SSSR count). The first-order valence-electron chi connectivity index (χ1n) is 23.6. The van der Waals surface area contributed by atoms with Crippen LogP contribution in [0.25, 0.3) is 33.4 Å². The third kappa shape index (κ3) is 7.08. The Morgan fingerprint density at radius 3 is 0.963 bits per heavy atom. The lowest BCUT2D eigenvalue weighted by molar-refractivity contribution is 0.346. The van der Waals surface area contributed by atoms with Crippen molar-refractivity contribution >= 4 is 391 Å². The average Bonchev–Trinajstić information content (AvgIpc) is 1.77. The van der Waals surface area contributed by atoms with Crippen molar-refractivity contribution in [3.63, 3.8) is 0 Å². The molecule has 6 aromatic rings. The number of allylic oxidation sites excluding steroid dienone is 8. The Kier molecular flexibility index (Phi) is 14.5. The van der Waals surface area contributed by atoms with E-state index in [-0.39, 0.29) is 182 Å². The van der Waals surface area contributed by atoms with Gasteiger partial charge in [0.25, 0.3) is 0 Å². The third-order valence-electron chi connectivity index (χ3n) is 16.4. The van der Waals surface area contributed by atoms with Gasteiger partial charge in [-0.1, -0.05) is 82.0 Å². The highest BCUT2D eigenvalue weighted by Gasteiger charge is 2.71. The minimum atomic E-state index is -2.75. The molecule has 1 aliphatic heterocycles. The number of rotatable bonds is 5. The summed E-state index contributed by atoms with van der Waals surface area (Å²) in [6.45, 7) is 0. The first-order valence-corrected chi connectivity index (χ1v) is 23.6. The Morgan fingerprint density at radius 1 is 0.235 bits per heavy atom. The quantitative estimate of drug-likeness (QED) is 0.175. The summed E-state index contributed by atoms with van der Waals surface area (Å²) < 4.78 is 7.37. The molecule has 4 aliphatic rings. The lowest BCUT2D eigenvalue weighted by atomic mass is 9.37. The Hall–Kier alpha value is -4.37. The Labute approximate surface area is 513 Å². The summed E-state index contributed by atoms with van der Waals surface area (Å²) in [6.07, 6.45) is 0.